The Morgan fingerprint density at radius 3 is 2.25 bits per heavy atom. The number of hydrogen-bond acceptors (Lipinski definition) is 5. The molecular formula is C22H24N2O4. The standard InChI is InChI=1S/C22H24N2O4/c1-23-18-11-12-20(23)21(22(25)28-2)19(13-18)16-5-3-14(4-6-16)15-7-9-17(10-8-15)24(26)27/h3-10,18-21H,11-13H2,1-2H3/t18-,19+,20+,21-/m0/s1. The first-order chi connectivity index (χ1) is 13.5. The highest BCUT2D eigenvalue weighted by molar-refractivity contribution is 5.75. The Labute approximate surface area is 164 Å². The Morgan fingerprint density at radius 2 is 1.68 bits per heavy atom. The maximum Gasteiger partial charge on any atom is 0.310 e. The van der Waals surface area contributed by atoms with Gasteiger partial charge in [-0.15, -0.1) is 0 Å². The molecule has 6 heteroatoms. The summed E-state index contributed by atoms with van der Waals surface area (Å²) in [5, 5.41) is 10.8. The average molecular weight is 380 g/mol. The van der Waals surface area contributed by atoms with Crippen molar-refractivity contribution in [1.29, 1.82) is 0 Å². The van der Waals surface area contributed by atoms with E-state index in [9.17, 15) is 14.9 Å². The molecule has 146 valence electrons. The Hall–Kier alpha value is -2.73. The van der Waals surface area contributed by atoms with Crippen LogP contribution in [0.15, 0.2) is 48.5 Å². The van der Waals surface area contributed by atoms with Gasteiger partial charge in [0.25, 0.3) is 5.69 Å². The van der Waals surface area contributed by atoms with E-state index in [0.717, 1.165) is 36.0 Å². The van der Waals surface area contributed by atoms with E-state index in [4.69, 9.17) is 4.74 Å². The van der Waals surface area contributed by atoms with Crippen molar-refractivity contribution >= 4 is 11.7 Å². The molecule has 2 aliphatic heterocycles. The summed E-state index contributed by atoms with van der Waals surface area (Å²) in [6, 6.07) is 15.6. The highest BCUT2D eigenvalue weighted by Crippen LogP contribution is 2.46. The zero-order valence-corrected chi connectivity index (χ0v) is 16.1. The fourth-order valence-electron chi connectivity index (χ4n) is 4.97. The molecule has 0 radical (unpaired) electrons. The maximum atomic E-state index is 12.6. The number of esters is 1. The molecule has 2 saturated heterocycles. The van der Waals surface area contributed by atoms with Crippen molar-refractivity contribution in [2.45, 2.75) is 37.3 Å². The van der Waals surface area contributed by atoms with E-state index in [1.165, 1.54) is 19.2 Å². The Balaban J connectivity index is 1.60. The lowest BCUT2D eigenvalue weighted by Gasteiger charge is -2.41. The molecule has 2 bridgehead atoms. The Bertz CT molecular complexity index is 878. The van der Waals surface area contributed by atoms with Gasteiger partial charge in [-0.25, -0.2) is 0 Å². The van der Waals surface area contributed by atoms with Gasteiger partial charge in [0, 0.05) is 30.1 Å². The van der Waals surface area contributed by atoms with E-state index < -0.39 is 4.92 Å². The van der Waals surface area contributed by atoms with E-state index >= 15 is 0 Å². The molecular weight excluding hydrogens is 356 g/mol. The van der Waals surface area contributed by atoms with Crippen LogP contribution < -0.4 is 0 Å². The first-order valence-electron chi connectivity index (χ1n) is 9.64. The van der Waals surface area contributed by atoms with Crippen LogP contribution in [-0.4, -0.2) is 42.0 Å². The van der Waals surface area contributed by atoms with E-state index in [2.05, 4.69) is 24.1 Å². The third kappa shape index (κ3) is 3.18. The number of nitro benzene ring substituents is 1. The van der Waals surface area contributed by atoms with Gasteiger partial charge >= 0.3 is 5.97 Å². The first kappa shape index (κ1) is 18.6. The van der Waals surface area contributed by atoms with Gasteiger partial charge in [-0.3, -0.25) is 19.8 Å². The van der Waals surface area contributed by atoms with Crippen molar-refractivity contribution < 1.29 is 14.5 Å². The van der Waals surface area contributed by atoms with Gasteiger partial charge in [-0.1, -0.05) is 24.3 Å². The molecule has 0 amide bonds. The molecule has 28 heavy (non-hydrogen) atoms. The second-order valence-corrected chi connectivity index (χ2v) is 7.78. The number of fused-ring (bicyclic) bond motifs is 2. The van der Waals surface area contributed by atoms with E-state index in [1.807, 2.05) is 12.1 Å². The van der Waals surface area contributed by atoms with Gasteiger partial charge in [0.15, 0.2) is 0 Å². The van der Waals surface area contributed by atoms with Crippen LogP contribution in [0.4, 0.5) is 5.69 Å². The van der Waals surface area contributed by atoms with Crippen LogP contribution in [-0.2, 0) is 9.53 Å². The molecule has 0 N–H and O–H groups in total. The summed E-state index contributed by atoms with van der Waals surface area (Å²) in [7, 11) is 3.59. The van der Waals surface area contributed by atoms with Gasteiger partial charge in [0.1, 0.15) is 0 Å². The van der Waals surface area contributed by atoms with Crippen LogP contribution >= 0.6 is 0 Å². The summed E-state index contributed by atoms with van der Waals surface area (Å²) >= 11 is 0. The third-order valence-corrected chi connectivity index (χ3v) is 6.49. The number of piperidine rings is 1. The SMILES string of the molecule is COC(=O)[C@H]1[C@@H](c2ccc(-c3ccc([N+](=O)[O-])cc3)cc2)C[C@@H]2CC[C@H]1N2C. The number of benzene rings is 2. The van der Waals surface area contributed by atoms with Crippen LogP contribution in [0, 0.1) is 16.0 Å². The van der Waals surface area contributed by atoms with Gasteiger partial charge in [0.2, 0.25) is 0 Å². The summed E-state index contributed by atoms with van der Waals surface area (Å²) in [6.45, 7) is 0. The lowest BCUT2D eigenvalue weighted by atomic mass is 9.76. The molecule has 0 aliphatic carbocycles. The fraction of sp³-hybridized carbons (Fsp3) is 0.409. The monoisotopic (exact) mass is 380 g/mol. The Morgan fingerprint density at radius 1 is 1.07 bits per heavy atom. The molecule has 0 unspecified atom stereocenters. The third-order valence-electron chi connectivity index (χ3n) is 6.49. The van der Waals surface area contributed by atoms with Crippen LogP contribution in [0.25, 0.3) is 11.1 Å². The predicted octanol–water partition coefficient (Wildman–Crippen LogP) is 4.00. The van der Waals surface area contributed by atoms with E-state index in [-0.39, 0.29) is 29.5 Å². The summed E-state index contributed by atoms with van der Waals surface area (Å²) in [6.07, 6.45) is 3.13. The van der Waals surface area contributed by atoms with Crippen LogP contribution in [0.2, 0.25) is 0 Å². The number of carbonyl (C=O) groups is 1. The largest absolute Gasteiger partial charge is 0.469 e. The predicted molar refractivity (Wildman–Crippen MR) is 106 cm³/mol. The smallest absolute Gasteiger partial charge is 0.310 e. The molecule has 2 fully saturated rings. The van der Waals surface area contributed by atoms with Crippen molar-refractivity contribution in [1.82, 2.24) is 4.90 Å². The van der Waals surface area contributed by atoms with Crippen molar-refractivity contribution in [2.75, 3.05) is 14.2 Å². The normalized spacial score (nSPS) is 26.8. The van der Waals surface area contributed by atoms with Crippen LogP contribution in [0.1, 0.15) is 30.7 Å². The zero-order valence-electron chi connectivity index (χ0n) is 16.1. The molecule has 6 nitrogen and oxygen atoms in total. The minimum Gasteiger partial charge on any atom is -0.469 e. The Kier molecular flexibility index (Phi) is 4.89. The molecule has 2 aromatic carbocycles. The number of non-ortho nitro benzene ring substituents is 1. The fourth-order valence-corrected chi connectivity index (χ4v) is 4.97. The summed E-state index contributed by atoms with van der Waals surface area (Å²) in [4.78, 5) is 25.3. The highest BCUT2D eigenvalue weighted by Gasteiger charge is 2.49. The molecule has 0 saturated carbocycles. The molecule has 0 spiro atoms. The van der Waals surface area contributed by atoms with Crippen LogP contribution in [0.5, 0.6) is 0 Å². The molecule has 2 heterocycles. The molecule has 0 aromatic heterocycles. The van der Waals surface area contributed by atoms with Crippen LogP contribution in [0.3, 0.4) is 0 Å². The van der Waals surface area contributed by atoms with Crippen molar-refractivity contribution in [3.63, 3.8) is 0 Å². The number of methoxy groups -OCH3 is 1. The lowest BCUT2D eigenvalue weighted by Crippen LogP contribution is -2.49. The molecule has 4 atom stereocenters. The topological polar surface area (TPSA) is 72.7 Å². The zero-order chi connectivity index (χ0) is 19.8. The van der Waals surface area contributed by atoms with Crippen molar-refractivity contribution in [3.8, 4) is 11.1 Å². The molecule has 2 aliphatic rings. The minimum absolute atomic E-state index is 0.0862. The molecule has 4 rings (SSSR count). The maximum absolute atomic E-state index is 12.6. The second kappa shape index (κ2) is 7.36. The quantitative estimate of drug-likeness (QED) is 0.455. The minimum atomic E-state index is -0.395. The van der Waals surface area contributed by atoms with Gasteiger partial charge < -0.3 is 4.74 Å². The number of nitrogens with zero attached hydrogens (tertiary/aromatic N) is 2. The number of rotatable bonds is 4. The number of hydrogen-bond donors (Lipinski definition) is 0. The first-order valence-corrected chi connectivity index (χ1v) is 9.64. The van der Waals surface area contributed by atoms with Gasteiger partial charge in [-0.2, -0.15) is 0 Å². The number of nitro groups is 1. The molecule has 2 aromatic rings. The van der Waals surface area contributed by atoms with E-state index in [1.54, 1.807) is 12.1 Å². The summed E-state index contributed by atoms with van der Waals surface area (Å²) in [5.74, 6) is -0.104. The summed E-state index contributed by atoms with van der Waals surface area (Å²) in [5.41, 5.74) is 3.18. The highest BCUT2D eigenvalue weighted by atomic mass is 16.6. The summed E-state index contributed by atoms with van der Waals surface area (Å²) < 4.78 is 5.14. The lowest BCUT2D eigenvalue weighted by molar-refractivity contribution is -0.384. The van der Waals surface area contributed by atoms with Crippen molar-refractivity contribution in [2.24, 2.45) is 5.92 Å². The van der Waals surface area contributed by atoms with Gasteiger partial charge in [-0.05, 0) is 55.1 Å². The van der Waals surface area contributed by atoms with E-state index in [0.29, 0.717) is 6.04 Å². The second-order valence-electron chi connectivity index (χ2n) is 7.78. The number of carbonyl (C=O) groups excluding carboxylic acids is 1. The van der Waals surface area contributed by atoms with Crippen molar-refractivity contribution in [3.05, 3.63) is 64.2 Å². The average Bonchev–Trinajstić information content (AvgIpc) is 2.95. The number of ether oxygens (including phenoxy) is 1. The van der Waals surface area contributed by atoms with Gasteiger partial charge in [0.05, 0.1) is 18.0 Å².